The van der Waals surface area contributed by atoms with Crippen molar-refractivity contribution in [1.82, 2.24) is 19.7 Å². The Kier molecular flexibility index (Phi) is 2.90. The Morgan fingerprint density at radius 1 is 1.10 bits per heavy atom. The summed E-state index contributed by atoms with van der Waals surface area (Å²) in [7, 11) is 0. The Hall–Kier alpha value is -2.31. The largest absolute Gasteiger partial charge is 0.267 e. The molecular formula is C15H10N4S2. The standard InChI is InChI=1S/C15H10N4S2/c20-15-18-17-14(13-7-3-9-21-13)19(15)12-6-1-5-11-10(12)4-2-8-16-11/h1-9H,(H,18,20). The fourth-order valence-corrected chi connectivity index (χ4v) is 3.31. The van der Waals surface area contributed by atoms with Crippen LogP contribution in [-0.2, 0) is 0 Å². The third-order valence-electron chi connectivity index (χ3n) is 3.28. The minimum atomic E-state index is 0.578. The SMILES string of the molecule is S=c1[nH]nc(-c2cccs2)n1-c1cccc2ncccc12. The number of nitrogens with one attached hydrogen (secondary N) is 1. The van der Waals surface area contributed by atoms with Gasteiger partial charge >= 0.3 is 0 Å². The lowest BCUT2D eigenvalue weighted by Gasteiger charge is -2.08. The highest BCUT2D eigenvalue weighted by Gasteiger charge is 2.13. The van der Waals surface area contributed by atoms with E-state index in [4.69, 9.17) is 12.2 Å². The molecule has 0 unspecified atom stereocenters. The summed E-state index contributed by atoms with van der Waals surface area (Å²) in [6.45, 7) is 0. The van der Waals surface area contributed by atoms with Crippen molar-refractivity contribution in [3.8, 4) is 16.4 Å². The summed E-state index contributed by atoms with van der Waals surface area (Å²) < 4.78 is 2.54. The van der Waals surface area contributed by atoms with Crippen LogP contribution in [0.2, 0.25) is 0 Å². The van der Waals surface area contributed by atoms with Crippen LogP contribution in [-0.4, -0.2) is 19.7 Å². The summed E-state index contributed by atoms with van der Waals surface area (Å²) in [5.74, 6) is 0.825. The Morgan fingerprint density at radius 2 is 2.05 bits per heavy atom. The second kappa shape index (κ2) is 4.91. The second-order valence-corrected chi connectivity index (χ2v) is 5.85. The van der Waals surface area contributed by atoms with Crippen LogP contribution >= 0.6 is 23.6 Å². The normalized spacial score (nSPS) is 11.0. The fourth-order valence-electron chi connectivity index (χ4n) is 2.37. The first kappa shape index (κ1) is 12.4. The van der Waals surface area contributed by atoms with Crippen LogP contribution in [0.5, 0.6) is 0 Å². The van der Waals surface area contributed by atoms with Gasteiger partial charge in [-0.05, 0) is 47.9 Å². The molecule has 0 aliphatic rings. The third kappa shape index (κ3) is 2.00. The maximum absolute atomic E-state index is 5.42. The van der Waals surface area contributed by atoms with E-state index in [2.05, 4.69) is 15.2 Å². The number of pyridine rings is 1. The third-order valence-corrected chi connectivity index (χ3v) is 4.42. The summed E-state index contributed by atoms with van der Waals surface area (Å²) in [5, 5.41) is 10.3. The van der Waals surface area contributed by atoms with E-state index in [1.165, 1.54) is 0 Å². The van der Waals surface area contributed by atoms with E-state index in [0.29, 0.717) is 4.77 Å². The van der Waals surface area contributed by atoms with Crippen LogP contribution in [0.25, 0.3) is 27.3 Å². The van der Waals surface area contributed by atoms with Gasteiger partial charge in [0.15, 0.2) is 10.6 Å². The van der Waals surface area contributed by atoms with E-state index in [9.17, 15) is 0 Å². The van der Waals surface area contributed by atoms with Gasteiger partial charge < -0.3 is 0 Å². The minimum absolute atomic E-state index is 0.578. The van der Waals surface area contributed by atoms with E-state index >= 15 is 0 Å². The molecule has 0 saturated heterocycles. The molecule has 0 aliphatic carbocycles. The molecule has 0 bridgehead atoms. The van der Waals surface area contributed by atoms with Crippen molar-refractivity contribution in [2.24, 2.45) is 0 Å². The van der Waals surface area contributed by atoms with E-state index < -0.39 is 0 Å². The molecule has 6 heteroatoms. The molecule has 3 heterocycles. The number of aromatic nitrogens is 4. The lowest BCUT2D eigenvalue weighted by atomic mass is 10.2. The van der Waals surface area contributed by atoms with E-state index in [1.807, 2.05) is 52.4 Å². The summed E-state index contributed by atoms with van der Waals surface area (Å²) >= 11 is 7.06. The van der Waals surface area contributed by atoms with Crippen LogP contribution in [0.3, 0.4) is 0 Å². The molecule has 21 heavy (non-hydrogen) atoms. The molecule has 0 spiro atoms. The van der Waals surface area contributed by atoms with Gasteiger partial charge in [0.05, 0.1) is 16.1 Å². The van der Waals surface area contributed by atoms with E-state index in [1.54, 1.807) is 17.5 Å². The molecule has 102 valence electrons. The highest BCUT2D eigenvalue weighted by atomic mass is 32.1. The van der Waals surface area contributed by atoms with E-state index in [-0.39, 0.29) is 0 Å². The van der Waals surface area contributed by atoms with Crippen LogP contribution in [0.15, 0.2) is 54.0 Å². The zero-order chi connectivity index (χ0) is 14.2. The molecule has 4 aromatic rings. The predicted molar refractivity (Wildman–Crippen MR) is 87.4 cm³/mol. The molecule has 0 saturated carbocycles. The van der Waals surface area contributed by atoms with Crippen molar-refractivity contribution in [2.45, 2.75) is 0 Å². The van der Waals surface area contributed by atoms with Gasteiger partial charge in [0.1, 0.15) is 0 Å². The van der Waals surface area contributed by atoms with Gasteiger partial charge in [-0.25, -0.2) is 0 Å². The first-order valence-electron chi connectivity index (χ1n) is 6.40. The topological polar surface area (TPSA) is 46.5 Å². The summed E-state index contributed by atoms with van der Waals surface area (Å²) in [4.78, 5) is 5.47. The molecule has 0 aliphatic heterocycles. The van der Waals surface area contributed by atoms with Gasteiger partial charge in [0, 0.05) is 11.6 Å². The second-order valence-electron chi connectivity index (χ2n) is 4.51. The molecule has 3 aromatic heterocycles. The monoisotopic (exact) mass is 310 g/mol. The molecule has 4 nitrogen and oxygen atoms in total. The highest BCUT2D eigenvalue weighted by molar-refractivity contribution is 7.71. The zero-order valence-electron chi connectivity index (χ0n) is 10.9. The molecule has 4 rings (SSSR count). The van der Waals surface area contributed by atoms with Gasteiger partial charge in [0.25, 0.3) is 0 Å². The molecule has 1 aromatic carbocycles. The number of rotatable bonds is 2. The number of fused-ring (bicyclic) bond motifs is 1. The van der Waals surface area contributed by atoms with Crippen LogP contribution in [0, 0.1) is 4.77 Å². The van der Waals surface area contributed by atoms with Crippen molar-refractivity contribution < 1.29 is 0 Å². The number of hydrogen-bond acceptors (Lipinski definition) is 4. The quantitative estimate of drug-likeness (QED) is 0.564. The first-order valence-corrected chi connectivity index (χ1v) is 7.69. The lowest BCUT2D eigenvalue weighted by molar-refractivity contribution is 1.05. The van der Waals surface area contributed by atoms with E-state index in [0.717, 1.165) is 27.3 Å². The molecule has 0 atom stereocenters. The lowest BCUT2D eigenvalue weighted by Crippen LogP contribution is -1.98. The van der Waals surface area contributed by atoms with Crippen LogP contribution in [0.1, 0.15) is 0 Å². The maximum Gasteiger partial charge on any atom is 0.200 e. The Balaban J connectivity index is 2.06. The fraction of sp³-hybridized carbons (Fsp3) is 0. The summed E-state index contributed by atoms with van der Waals surface area (Å²) in [6.07, 6.45) is 1.79. The average Bonchev–Trinajstić information content (AvgIpc) is 3.16. The van der Waals surface area contributed by atoms with Gasteiger partial charge in [-0.3, -0.25) is 14.6 Å². The van der Waals surface area contributed by atoms with Gasteiger partial charge in [0.2, 0.25) is 0 Å². The number of H-pyrrole nitrogens is 1. The smallest absolute Gasteiger partial charge is 0.200 e. The summed E-state index contributed by atoms with van der Waals surface area (Å²) in [5.41, 5.74) is 1.93. The number of hydrogen-bond donors (Lipinski definition) is 1. The van der Waals surface area contributed by atoms with Crippen molar-refractivity contribution in [2.75, 3.05) is 0 Å². The molecule has 1 N–H and O–H groups in total. The number of benzene rings is 1. The van der Waals surface area contributed by atoms with Crippen molar-refractivity contribution in [3.05, 3.63) is 58.8 Å². The van der Waals surface area contributed by atoms with Crippen molar-refractivity contribution in [3.63, 3.8) is 0 Å². The van der Waals surface area contributed by atoms with Gasteiger partial charge in [-0.15, -0.1) is 11.3 Å². The molecule has 0 fully saturated rings. The average molecular weight is 310 g/mol. The summed E-state index contributed by atoms with van der Waals surface area (Å²) in [6, 6.07) is 14.0. The van der Waals surface area contributed by atoms with Crippen LogP contribution in [0.4, 0.5) is 0 Å². The van der Waals surface area contributed by atoms with Crippen molar-refractivity contribution in [1.29, 1.82) is 0 Å². The Labute approximate surface area is 129 Å². The van der Waals surface area contributed by atoms with Gasteiger partial charge in [-0.1, -0.05) is 12.1 Å². The number of thiophene rings is 1. The highest BCUT2D eigenvalue weighted by Crippen LogP contribution is 2.28. The Bertz CT molecular complexity index is 961. The molecule has 0 radical (unpaired) electrons. The Morgan fingerprint density at radius 3 is 2.90 bits per heavy atom. The van der Waals surface area contributed by atoms with Gasteiger partial charge in [-0.2, -0.15) is 5.10 Å². The first-order chi connectivity index (χ1) is 10.3. The maximum atomic E-state index is 5.42. The minimum Gasteiger partial charge on any atom is -0.267 e. The molecular weight excluding hydrogens is 300 g/mol. The zero-order valence-corrected chi connectivity index (χ0v) is 12.5. The van der Waals surface area contributed by atoms with Crippen molar-refractivity contribution >= 4 is 34.5 Å². The predicted octanol–water partition coefficient (Wildman–Crippen LogP) is 4.21. The number of aromatic amines is 1. The molecule has 0 amide bonds. The number of nitrogens with zero attached hydrogens (tertiary/aromatic N) is 3. The van der Waals surface area contributed by atoms with Crippen LogP contribution < -0.4 is 0 Å².